The van der Waals surface area contributed by atoms with E-state index in [2.05, 4.69) is 10.2 Å². The smallest absolute Gasteiger partial charge is 0.248 e. The lowest BCUT2D eigenvalue weighted by Crippen LogP contribution is -2.38. The van der Waals surface area contributed by atoms with Crippen molar-refractivity contribution in [3.8, 4) is 0 Å². The van der Waals surface area contributed by atoms with Crippen molar-refractivity contribution >= 4 is 23.2 Å². The predicted molar refractivity (Wildman–Crippen MR) is 83.0 cm³/mol. The van der Waals surface area contributed by atoms with E-state index in [1.807, 2.05) is 0 Å². The maximum Gasteiger partial charge on any atom is 0.248 e. The molecule has 1 aromatic rings. The lowest BCUT2D eigenvalue weighted by atomic mass is 9.96. The van der Waals surface area contributed by atoms with Gasteiger partial charge in [0.15, 0.2) is 0 Å². The van der Waals surface area contributed by atoms with E-state index in [1.165, 1.54) is 6.92 Å². The van der Waals surface area contributed by atoms with E-state index in [-0.39, 0.29) is 5.91 Å². The number of piperidine rings is 1. The topological polar surface area (TPSA) is 101 Å². The molecule has 0 aromatic heterocycles. The monoisotopic (exact) mass is 290 g/mol. The van der Waals surface area contributed by atoms with Crippen molar-refractivity contribution in [2.45, 2.75) is 19.8 Å². The zero-order valence-electron chi connectivity index (χ0n) is 12.3. The van der Waals surface area contributed by atoms with Gasteiger partial charge in [0.2, 0.25) is 11.8 Å². The Morgan fingerprint density at radius 2 is 2.00 bits per heavy atom. The summed E-state index contributed by atoms with van der Waals surface area (Å²) in [6.45, 7) is 3.97. The van der Waals surface area contributed by atoms with Crippen LogP contribution >= 0.6 is 0 Å². The number of nitrogens with two attached hydrogens (primary N) is 2. The second-order valence-corrected chi connectivity index (χ2v) is 5.51. The molecule has 0 radical (unpaired) electrons. The van der Waals surface area contributed by atoms with E-state index in [4.69, 9.17) is 11.5 Å². The van der Waals surface area contributed by atoms with E-state index in [0.717, 1.165) is 38.2 Å². The third-order valence-electron chi connectivity index (χ3n) is 3.91. The van der Waals surface area contributed by atoms with Crippen molar-refractivity contribution in [3.05, 3.63) is 23.8 Å². The standard InChI is InChI=1S/C15H22N4O2/c1-10(20)18-9-11-4-6-19(7-5-11)14-8-12(15(17)21)2-3-13(14)16/h2-3,8,11H,4-7,9,16H2,1H3,(H2,17,21)(H,18,20). The summed E-state index contributed by atoms with van der Waals surface area (Å²) >= 11 is 0. The highest BCUT2D eigenvalue weighted by Crippen LogP contribution is 2.28. The lowest BCUT2D eigenvalue weighted by Gasteiger charge is -2.34. The average molecular weight is 290 g/mol. The maximum absolute atomic E-state index is 11.3. The van der Waals surface area contributed by atoms with E-state index in [0.29, 0.717) is 17.2 Å². The van der Waals surface area contributed by atoms with Gasteiger partial charge in [-0.2, -0.15) is 0 Å². The fourth-order valence-corrected chi connectivity index (χ4v) is 2.64. The first-order valence-electron chi connectivity index (χ1n) is 7.16. The first-order chi connectivity index (χ1) is 9.97. The highest BCUT2D eigenvalue weighted by atomic mass is 16.1. The molecule has 1 heterocycles. The molecule has 5 N–H and O–H groups in total. The molecule has 0 spiro atoms. The first kappa shape index (κ1) is 15.2. The summed E-state index contributed by atoms with van der Waals surface area (Å²) in [7, 11) is 0. The van der Waals surface area contributed by atoms with Crippen LogP contribution in [0.5, 0.6) is 0 Å². The summed E-state index contributed by atoms with van der Waals surface area (Å²) in [5, 5.41) is 2.86. The van der Waals surface area contributed by atoms with Gasteiger partial charge >= 0.3 is 0 Å². The molecule has 0 bridgehead atoms. The second-order valence-electron chi connectivity index (χ2n) is 5.51. The lowest BCUT2D eigenvalue weighted by molar-refractivity contribution is -0.119. The minimum Gasteiger partial charge on any atom is -0.397 e. The zero-order chi connectivity index (χ0) is 15.4. The summed E-state index contributed by atoms with van der Waals surface area (Å²) in [5.41, 5.74) is 13.3. The van der Waals surface area contributed by atoms with Crippen LogP contribution in [0.25, 0.3) is 0 Å². The van der Waals surface area contributed by atoms with E-state index < -0.39 is 5.91 Å². The Morgan fingerprint density at radius 3 is 2.57 bits per heavy atom. The normalized spacial score (nSPS) is 15.8. The number of nitrogens with zero attached hydrogens (tertiary/aromatic N) is 1. The highest BCUT2D eigenvalue weighted by molar-refractivity contribution is 5.95. The fraction of sp³-hybridized carbons (Fsp3) is 0.467. The minimum atomic E-state index is -0.447. The van der Waals surface area contributed by atoms with E-state index in [1.54, 1.807) is 18.2 Å². The summed E-state index contributed by atoms with van der Waals surface area (Å²) in [4.78, 5) is 24.4. The zero-order valence-corrected chi connectivity index (χ0v) is 12.3. The Hall–Kier alpha value is -2.24. The molecule has 1 fully saturated rings. The van der Waals surface area contributed by atoms with Crippen LogP contribution in [-0.4, -0.2) is 31.4 Å². The fourth-order valence-electron chi connectivity index (χ4n) is 2.64. The van der Waals surface area contributed by atoms with Crippen LogP contribution in [-0.2, 0) is 4.79 Å². The van der Waals surface area contributed by atoms with Crippen LogP contribution in [0.1, 0.15) is 30.1 Å². The molecule has 1 saturated heterocycles. The van der Waals surface area contributed by atoms with Gasteiger partial charge in [-0.05, 0) is 37.0 Å². The molecular weight excluding hydrogens is 268 g/mol. The van der Waals surface area contributed by atoms with E-state index >= 15 is 0 Å². The summed E-state index contributed by atoms with van der Waals surface area (Å²) < 4.78 is 0. The number of nitrogens with one attached hydrogen (secondary N) is 1. The molecule has 2 rings (SSSR count). The Bertz CT molecular complexity index is 536. The molecule has 0 aliphatic carbocycles. The quantitative estimate of drug-likeness (QED) is 0.711. The van der Waals surface area contributed by atoms with Gasteiger partial charge in [0.25, 0.3) is 0 Å². The highest BCUT2D eigenvalue weighted by Gasteiger charge is 2.21. The number of amides is 2. The second kappa shape index (κ2) is 6.47. The first-order valence-corrected chi connectivity index (χ1v) is 7.16. The Balaban J connectivity index is 2.00. The van der Waals surface area contributed by atoms with Crippen molar-refractivity contribution < 1.29 is 9.59 Å². The van der Waals surface area contributed by atoms with Crippen molar-refractivity contribution in [2.24, 2.45) is 11.7 Å². The van der Waals surface area contributed by atoms with Gasteiger partial charge in [0, 0.05) is 32.1 Å². The number of carbonyl (C=O) groups is 2. The molecule has 0 saturated carbocycles. The number of hydrogen-bond donors (Lipinski definition) is 3. The van der Waals surface area contributed by atoms with E-state index in [9.17, 15) is 9.59 Å². The van der Waals surface area contributed by atoms with Crippen LogP contribution in [0.2, 0.25) is 0 Å². The molecule has 1 aliphatic heterocycles. The molecule has 1 aliphatic rings. The van der Waals surface area contributed by atoms with Crippen molar-refractivity contribution in [3.63, 3.8) is 0 Å². The molecule has 6 nitrogen and oxygen atoms in total. The van der Waals surface area contributed by atoms with Crippen LogP contribution in [0.15, 0.2) is 18.2 Å². The number of hydrogen-bond acceptors (Lipinski definition) is 4. The minimum absolute atomic E-state index is 0.0100. The number of benzene rings is 1. The number of primary amides is 1. The third kappa shape index (κ3) is 3.87. The Kier molecular flexibility index (Phi) is 4.67. The summed E-state index contributed by atoms with van der Waals surface area (Å²) in [5.74, 6) is 0.0540. The van der Waals surface area contributed by atoms with Gasteiger partial charge in [0.1, 0.15) is 0 Å². The Labute approximate surface area is 124 Å². The number of nitrogen functional groups attached to an aromatic ring is 1. The average Bonchev–Trinajstić information content (AvgIpc) is 2.46. The van der Waals surface area contributed by atoms with Crippen molar-refractivity contribution in [1.29, 1.82) is 0 Å². The maximum atomic E-state index is 11.3. The SMILES string of the molecule is CC(=O)NCC1CCN(c2cc(C(N)=O)ccc2N)CC1. The van der Waals surface area contributed by atoms with Crippen LogP contribution < -0.4 is 21.7 Å². The van der Waals surface area contributed by atoms with Crippen molar-refractivity contribution in [2.75, 3.05) is 30.3 Å². The van der Waals surface area contributed by atoms with Crippen LogP contribution in [0.3, 0.4) is 0 Å². The van der Waals surface area contributed by atoms with Gasteiger partial charge in [0.05, 0.1) is 11.4 Å². The molecule has 1 aromatic carbocycles. The molecular formula is C15H22N4O2. The number of carbonyl (C=O) groups excluding carboxylic acids is 2. The summed E-state index contributed by atoms with van der Waals surface area (Å²) in [6.07, 6.45) is 1.97. The van der Waals surface area contributed by atoms with Gasteiger partial charge in [-0.3, -0.25) is 9.59 Å². The molecule has 21 heavy (non-hydrogen) atoms. The number of anilines is 2. The largest absolute Gasteiger partial charge is 0.397 e. The van der Waals surface area contributed by atoms with Crippen molar-refractivity contribution in [1.82, 2.24) is 5.32 Å². The number of rotatable bonds is 4. The molecule has 6 heteroatoms. The Morgan fingerprint density at radius 1 is 1.33 bits per heavy atom. The van der Waals surface area contributed by atoms with Gasteiger partial charge in [-0.15, -0.1) is 0 Å². The predicted octanol–water partition coefficient (Wildman–Crippen LogP) is 0.720. The van der Waals surface area contributed by atoms with Gasteiger partial charge < -0.3 is 21.7 Å². The molecule has 2 amide bonds. The third-order valence-corrected chi connectivity index (χ3v) is 3.91. The summed E-state index contributed by atoms with van der Waals surface area (Å²) in [6, 6.07) is 5.12. The molecule has 0 unspecified atom stereocenters. The van der Waals surface area contributed by atoms with Crippen LogP contribution in [0, 0.1) is 5.92 Å². The molecule has 0 atom stereocenters. The molecule has 114 valence electrons. The van der Waals surface area contributed by atoms with Gasteiger partial charge in [-0.1, -0.05) is 0 Å². The van der Waals surface area contributed by atoms with Crippen LogP contribution in [0.4, 0.5) is 11.4 Å². The van der Waals surface area contributed by atoms with Gasteiger partial charge in [-0.25, -0.2) is 0 Å².